The zero-order chi connectivity index (χ0) is 17.7. The number of aliphatic hydroxyl groups excluding tert-OH is 1. The Bertz CT molecular complexity index is 623. The molecule has 24 heavy (non-hydrogen) atoms. The van der Waals surface area contributed by atoms with E-state index in [2.05, 4.69) is 15.8 Å². The summed E-state index contributed by atoms with van der Waals surface area (Å²) in [5.41, 5.74) is 10.3. The van der Waals surface area contributed by atoms with Gasteiger partial charge in [0.15, 0.2) is 0 Å². The van der Waals surface area contributed by atoms with Crippen LogP contribution in [0.4, 0.5) is 5.69 Å². The number of nitrogens with zero attached hydrogens (tertiary/aromatic N) is 1. The molecule has 0 aromatic heterocycles. The Morgan fingerprint density at radius 2 is 2.17 bits per heavy atom. The number of aliphatic hydroxyl groups is 1. The number of rotatable bonds is 6. The summed E-state index contributed by atoms with van der Waals surface area (Å²) < 4.78 is 5.76. The number of hydrazone groups is 1. The zero-order valence-electron chi connectivity index (χ0n) is 14.4. The molecule has 1 aromatic rings. The maximum absolute atomic E-state index is 11.2. The fourth-order valence-corrected chi connectivity index (χ4v) is 2.24. The average molecular weight is 334 g/mol. The lowest BCUT2D eigenvalue weighted by atomic mass is 10.0. The maximum Gasteiger partial charge on any atom is 0.240 e. The molecule has 1 amide bonds. The SMILES string of the molecule is CC(C)(C)NCC(O)COc1ccc(N)cc1C1=NNC(=O)CC1. The molecule has 132 valence electrons. The van der Waals surface area contributed by atoms with Crippen LogP contribution in [0.5, 0.6) is 5.75 Å². The minimum Gasteiger partial charge on any atom is -0.490 e. The van der Waals surface area contributed by atoms with Crippen molar-refractivity contribution in [3.8, 4) is 5.75 Å². The van der Waals surface area contributed by atoms with Crippen LogP contribution in [0.1, 0.15) is 39.2 Å². The third-order valence-electron chi connectivity index (χ3n) is 3.52. The van der Waals surface area contributed by atoms with E-state index in [0.717, 1.165) is 11.3 Å². The number of nitrogen functional groups attached to an aromatic ring is 1. The van der Waals surface area contributed by atoms with Gasteiger partial charge in [-0.1, -0.05) is 0 Å². The molecule has 1 aromatic carbocycles. The molecule has 1 aliphatic heterocycles. The smallest absolute Gasteiger partial charge is 0.240 e. The highest BCUT2D eigenvalue weighted by atomic mass is 16.5. The molecule has 5 N–H and O–H groups in total. The number of carbonyl (C=O) groups is 1. The number of carbonyl (C=O) groups excluding carboxylic acids is 1. The van der Waals surface area contributed by atoms with E-state index >= 15 is 0 Å². The van der Waals surface area contributed by atoms with Crippen LogP contribution < -0.4 is 21.2 Å². The van der Waals surface area contributed by atoms with Gasteiger partial charge in [0, 0.05) is 36.2 Å². The summed E-state index contributed by atoms with van der Waals surface area (Å²) in [6, 6.07) is 5.26. The van der Waals surface area contributed by atoms with Crippen LogP contribution in [0.25, 0.3) is 0 Å². The standard InChI is InChI=1S/C17H26N4O3/c1-17(2,3)19-9-12(22)10-24-15-6-4-11(18)8-13(15)14-5-7-16(23)21-20-14/h4,6,8,12,19,22H,5,7,9-10,18H2,1-3H3,(H,21,23). The largest absolute Gasteiger partial charge is 0.490 e. The minimum absolute atomic E-state index is 0.0671. The second kappa shape index (κ2) is 7.63. The number of hydrogen-bond donors (Lipinski definition) is 4. The molecule has 7 heteroatoms. The lowest BCUT2D eigenvalue weighted by Gasteiger charge is -2.23. The Labute approximate surface area is 142 Å². The van der Waals surface area contributed by atoms with E-state index in [-0.39, 0.29) is 18.1 Å². The molecule has 1 aliphatic rings. The average Bonchev–Trinajstić information content (AvgIpc) is 2.52. The second-order valence-electron chi connectivity index (χ2n) is 6.94. The first-order valence-corrected chi connectivity index (χ1v) is 8.06. The van der Waals surface area contributed by atoms with Crippen LogP contribution in [0.15, 0.2) is 23.3 Å². The first-order chi connectivity index (χ1) is 11.2. The van der Waals surface area contributed by atoms with E-state index in [1.54, 1.807) is 18.2 Å². The number of hydrogen-bond acceptors (Lipinski definition) is 6. The Balaban J connectivity index is 2.04. The minimum atomic E-state index is -0.636. The van der Waals surface area contributed by atoms with Crippen molar-refractivity contribution in [1.29, 1.82) is 0 Å². The highest BCUT2D eigenvalue weighted by Crippen LogP contribution is 2.25. The van der Waals surface area contributed by atoms with Gasteiger partial charge in [-0.25, -0.2) is 5.43 Å². The van der Waals surface area contributed by atoms with Crippen molar-refractivity contribution in [1.82, 2.24) is 10.7 Å². The van der Waals surface area contributed by atoms with Gasteiger partial charge in [0.1, 0.15) is 18.5 Å². The normalized spacial score (nSPS) is 16.3. The van der Waals surface area contributed by atoms with Crippen molar-refractivity contribution in [2.24, 2.45) is 5.10 Å². The van der Waals surface area contributed by atoms with E-state index in [1.165, 1.54) is 0 Å². The van der Waals surface area contributed by atoms with Crippen LogP contribution >= 0.6 is 0 Å². The van der Waals surface area contributed by atoms with Crippen molar-refractivity contribution in [2.45, 2.75) is 45.3 Å². The fraction of sp³-hybridized carbons (Fsp3) is 0.529. The molecule has 0 fully saturated rings. The summed E-state index contributed by atoms with van der Waals surface area (Å²) in [7, 11) is 0. The van der Waals surface area contributed by atoms with E-state index < -0.39 is 6.10 Å². The van der Waals surface area contributed by atoms with Crippen LogP contribution in [-0.2, 0) is 4.79 Å². The lowest BCUT2D eigenvalue weighted by molar-refractivity contribution is -0.121. The second-order valence-corrected chi connectivity index (χ2v) is 6.94. The van der Waals surface area contributed by atoms with Crippen molar-refractivity contribution < 1.29 is 14.6 Å². The number of anilines is 1. The van der Waals surface area contributed by atoms with Crippen LogP contribution in [0.3, 0.4) is 0 Å². The summed E-state index contributed by atoms with van der Waals surface area (Å²) in [5.74, 6) is 0.489. The maximum atomic E-state index is 11.2. The molecular weight excluding hydrogens is 308 g/mol. The van der Waals surface area contributed by atoms with E-state index in [4.69, 9.17) is 10.5 Å². The molecule has 0 aliphatic carbocycles. The number of β-amino-alcohol motifs (C(OH)–C–C–N with tert-alkyl or cyclic N) is 1. The molecule has 2 rings (SSSR count). The van der Waals surface area contributed by atoms with Gasteiger partial charge in [-0.05, 0) is 39.0 Å². The number of amides is 1. The van der Waals surface area contributed by atoms with E-state index in [0.29, 0.717) is 30.8 Å². The fourth-order valence-electron chi connectivity index (χ4n) is 2.24. The molecule has 0 radical (unpaired) electrons. The van der Waals surface area contributed by atoms with Gasteiger partial charge < -0.3 is 20.9 Å². The molecular formula is C17H26N4O3. The van der Waals surface area contributed by atoms with Crippen LogP contribution in [-0.4, -0.2) is 41.5 Å². The summed E-state index contributed by atoms with van der Waals surface area (Å²) in [4.78, 5) is 11.2. The zero-order valence-corrected chi connectivity index (χ0v) is 14.4. The van der Waals surface area contributed by atoms with Gasteiger partial charge in [0.05, 0.1) is 5.71 Å². The summed E-state index contributed by atoms with van der Waals surface area (Å²) in [6.45, 7) is 6.70. The van der Waals surface area contributed by atoms with Gasteiger partial charge in [0.2, 0.25) is 5.91 Å². The van der Waals surface area contributed by atoms with Gasteiger partial charge in [-0.15, -0.1) is 0 Å². The predicted molar refractivity (Wildman–Crippen MR) is 94.0 cm³/mol. The van der Waals surface area contributed by atoms with Crippen molar-refractivity contribution in [3.63, 3.8) is 0 Å². The monoisotopic (exact) mass is 334 g/mol. The molecule has 7 nitrogen and oxygen atoms in total. The molecule has 0 saturated carbocycles. The van der Waals surface area contributed by atoms with Crippen LogP contribution in [0, 0.1) is 0 Å². The Hall–Kier alpha value is -2.12. The highest BCUT2D eigenvalue weighted by Gasteiger charge is 2.18. The number of benzene rings is 1. The van der Waals surface area contributed by atoms with Crippen molar-refractivity contribution >= 4 is 17.3 Å². The lowest BCUT2D eigenvalue weighted by Crippen LogP contribution is -2.42. The molecule has 1 unspecified atom stereocenters. The number of ether oxygens (including phenoxy) is 1. The third kappa shape index (κ3) is 5.50. The van der Waals surface area contributed by atoms with Gasteiger partial charge in [-0.2, -0.15) is 5.10 Å². The van der Waals surface area contributed by atoms with E-state index in [1.807, 2.05) is 20.8 Å². The Kier molecular flexibility index (Phi) is 5.80. The first kappa shape index (κ1) is 18.2. The summed E-state index contributed by atoms with van der Waals surface area (Å²) in [6.07, 6.45) is 0.271. The quantitative estimate of drug-likeness (QED) is 0.581. The highest BCUT2D eigenvalue weighted by molar-refractivity contribution is 6.06. The molecule has 0 saturated heterocycles. The van der Waals surface area contributed by atoms with Gasteiger partial charge in [-0.3, -0.25) is 4.79 Å². The molecule has 1 heterocycles. The van der Waals surface area contributed by atoms with Gasteiger partial charge in [0.25, 0.3) is 0 Å². The molecule has 0 bridgehead atoms. The summed E-state index contributed by atoms with van der Waals surface area (Å²) in [5, 5.41) is 17.4. The Morgan fingerprint density at radius 1 is 1.42 bits per heavy atom. The Morgan fingerprint density at radius 3 is 2.79 bits per heavy atom. The van der Waals surface area contributed by atoms with Gasteiger partial charge >= 0.3 is 0 Å². The molecule has 1 atom stereocenters. The number of nitrogens with one attached hydrogen (secondary N) is 2. The topological polar surface area (TPSA) is 109 Å². The predicted octanol–water partition coefficient (Wildman–Crippen LogP) is 1.01. The van der Waals surface area contributed by atoms with Crippen LogP contribution in [0.2, 0.25) is 0 Å². The van der Waals surface area contributed by atoms with Crippen molar-refractivity contribution in [2.75, 3.05) is 18.9 Å². The summed E-state index contributed by atoms with van der Waals surface area (Å²) >= 11 is 0. The first-order valence-electron chi connectivity index (χ1n) is 8.06. The van der Waals surface area contributed by atoms with Crippen molar-refractivity contribution in [3.05, 3.63) is 23.8 Å². The number of nitrogens with two attached hydrogens (primary N) is 1. The molecule has 0 spiro atoms. The van der Waals surface area contributed by atoms with E-state index in [9.17, 15) is 9.90 Å². The third-order valence-corrected chi connectivity index (χ3v) is 3.52.